The second-order valence-electron chi connectivity index (χ2n) is 4.66. The molecule has 0 aliphatic rings. The Morgan fingerprint density at radius 1 is 1.16 bits per heavy atom. The maximum absolute atomic E-state index is 6.00. The number of aryl methyl sites for hydroxylation is 2. The molecule has 0 atom stereocenters. The molecule has 0 aliphatic carbocycles. The van der Waals surface area contributed by atoms with Crippen LogP contribution in [0.2, 0.25) is 5.28 Å². The number of hydrogen-bond donors (Lipinski definition) is 1. The summed E-state index contributed by atoms with van der Waals surface area (Å²) in [6.45, 7) is 4.61. The van der Waals surface area contributed by atoms with Crippen LogP contribution >= 0.6 is 11.6 Å². The lowest BCUT2D eigenvalue weighted by Gasteiger charge is -2.20. The molecular weight excluding hydrogens is 260 g/mol. The van der Waals surface area contributed by atoms with E-state index in [1.54, 1.807) is 0 Å². The topological polar surface area (TPSA) is 55.0 Å². The minimum Gasteiger partial charge on any atom is -0.394 e. The predicted octanol–water partition coefficient (Wildman–Crippen LogP) is 2.97. The molecule has 0 aliphatic heterocycles. The lowest BCUT2D eigenvalue weighted by Crippen LogP contribution is -2.20. The zero-order valence-corrected chi connectivity index (χ0v) is 12.1. The number of anilines is 2. The third-order valence-electron chi connectivity index (χ3n) is 2.99. The Kier molecular flexibility index (Phi) is 3.90. The Morgan fingerprint density at radius 2 is 1.79 bits per heavy atom. The van der Waals surface area contributed by atoms with E-state index < -0.39 is 0 Å². The highest BCUT2D eigenvalue weighted by Crippen LogP contribution is 2.24. The standard InChI is InChI=1S/C14H17ClN4/c1-9-4-6-11(7-5-9)8-19(3)13-12(16)10(2)17-14(15)18-13/h4-7H,8,16H2,1-3H3. The Bertz CT molecular complexity index is 581. The van der Waals surface area contributed by atoms with Crippen molar-refractivity contribution in [1.29, 1.82) is 0 Å². The first-order chi connectivity index (χ1) is 8.97. The number of nitrogen functional groups attached to an aromatic ring is 1. The van der Waals surface area contributed by atoms with Crippen LogP contribution in [0.4, 0.5) is 11.5 Å². The van der Waals surface area contributed by atoms with E-state index in [0.29, 0.717) is 17.2 Å². The van der Waals surface area contributed by atoms with E-state index in [0.717, 1.165) is 6.54 Å². The van der Waals surface area contributed by atoms with Gasteiger partial charge >= 0.3 is 0 Å². The molecular formula is C14H17ClN4. The Hall–Kier alpha value is -1.81. The second kappa shape index (κ2) is 5.45. The van der Waals surface area contributed by atoms with Crippen molar-refractivity contribution in [3.05, 3.63) is 46.4 Å². The van der Waals surface area contributed by atoms with Gasteiger partial charge in [0.2, 0.25) is 5.28 Å². The molecule has 0 radical (unpaired) electrons. The molecule has 2 rings (SSSR count). The van der Waals surface area contributed by atoms with E-state index in [9.17, 15) is 0 Å². The van der Waals surface area contributed by atoms with Crippen molar-refractivity contribution in [2.24, 2.45) is 0 Å². The van der Waals surface area contributed by atoms with Gasteiger partial charge in [0.25, 0.3) is 0 Å². The average Bonchev–Trinajstić information content (AvgIpc) is 2.36. The van der Waals surface area contributed by atoms with Crippen LogP contribution in [0.5, 0.6) is 0 Å². The normalized spacial score (nSPS) is 10.5. The van der Waals surface area contributed by atoms with Crippen molar-refractivity contribution < 1.29 is 0 Å². The number of aromatic nitrogens is 2. The third-order valence-corrected chi connectivity index (χ3v) is 3.16. The largest absolute Gasteiger partial charge is 0.394 e. The van der Waals surface area contributed by atoms with Gasteiger partial charge in [0, 0.05) is 13.6 Å². The van der Waals surface area contributed by atoms with Crippen LogP contribution in [0.3, 0.4) is 0 Å². The van der Waals surface area contributed by atoms with E-state index in [2.05, 4.69) is 41.2 Å². The molecule has 2 N–H and O–H groups in total. The SMILES string of the molecule is Cc1ccc(CN(C)c2nc(Cl)nc(C)c2N)cc1. The molecule has 0 saturated carbocycles. The molecule has 0 spiro atoms. The third kappa shape index (κ3) is 3.15. The number of nitrogens with two attached hydrogens (primary N) is 1. The highest BCUT2D eigenvalue weighted by Gasteiger charge is 2.12. The molecule has 0 amide bonds. The van der Waals surface area contributed by atoms with E-state index in [4.69, 9.17) is 17.3 Å². The van der Waals surface area contributed by atoms with Crippen LogP contribution < -0.4 is 10.6 Å². The smallest absolute Gasteiger partial charge is 0.224 e. The van der Waals surface area contributed by atoms with Crippen LogP contribution in [0, 0.1) is 13.8 Å². The first kappa shape index (κ1) is 13.6. The fourth-order valence-corrected chi connectivity index (χ4v) is 2.07. The van der Waals surface area contributed by atoms with Crippen LogP contribution in [-0.4, -0.2) is 17.0 Å². The lowest BCUT2D eigenvalue weighted by atomic mass is 10.1. The molecule has 4 nitrogen and oxygen atoms in total. The lowest BCUT2D eigenvalue weighted by molar-refractivity contribution is 0.889. The van der Waals surface area contributed by atoms with E-state index in [1.165, 1.54) is 11.1 Å². The molecule has 2 aromatic rings. The molecule has 19 heavy (non-hydrogen) atoms. The molecule has 5 heteroatoms. The summed E-state index contributed by atoms with van der Waals surface area (Å²) in [7, 11) is 1.94. The number of nitrogens with zero attached hydrogens (tertiary/aromatic N) is 3. The predicted molar refractivity (Wildman–Crippen MR) is 79.5 cm³/mol. The molecule has 0 saturated heterocycles. The minimum atomic E-state index is 0.220. The number of rotatable bonds is 3. The zero-order valence-electron chi connectivity index (χ0n) is 11.3. The van der Waals surface area contributed by atoms with Gasteiger partial charge in [-0.1, -0.05) is 29.8 Å². The van der Waals surface area contributed by atoms with Crippen molar-refractivity contribution in [3.63, 3.8) is 0 Å². The van der Waals surface area contributed by atoms with Gasteiger partial charge in [-0.25, -0.2) is 4.98 Å². The number of hydrogen-bond acceptors (Lipinski definition) is 4. The van der Waals surface area contributed by atoms with Crippen LogP contribution in [0.1, 0.15) is 16.8 Å². The average molecular weight is 277 g/mol. The molecule has 1 aromatic heterocycles. The van der Waals surface area contributed by atoms with Gasteiger partial charge in [-0.05, 0) is 31.0 Å². The van der Waals surface area contributed by atoms with Crippen LogP contribution in [-0.2, 0) is 6.54 Å². The monoisotopic (exact) mass is 276 g/mol. The molecule has 0 bridgehead atoms. The van der Waals surface area contributed by atoms with Crippen molar-refractivity contribution in [2.75, 3.05) is 17.7 Å². The van der Waals surface area contributed by atoms with Gasteiger partial charge in [0.15, 0.2) is 5.82 Å². The van der Waals surface area contributed by atoms with Gasteiger partial charge in [-0.3, -0.25) is 0 Å². The highest BCUT2D eigenvalue weighted by atomic mass is 35.5. The summed E-state index contributed by atoms with van der Waals surface area (Å²) in [6.07, 6.45) is 0. The van der Waals surface area contributed by atoms with Crippen molar-refractivity contribution in [2.45, 2.75) is 20.4 Å². The number of benzene rings is 1. The van der Waals surface area contributed by atoms with Gasteiger partial charge in [-0.2, -0.15) is 4.98 Å². The maximum Gasteiger partial charge on any atom is 0.224 e. The summed E-state index contributed by atoms with van der Waals surface area (Å²) >= 11 is 5.89. The van der Waals surface area contributed by atoms with Crippen molar-refractivity contribution in [1.82, 2.24) is 9.97 Å². The fourth-order valence-electron chi connectivity index (χ4n) is 1.87. The van der Waals surface area contributed by atoms with Gasteiger partial charge < -0.3 is 10.6 Å². The first-order valence-electron chi connectivity index (χ1n) is 6.03. The second-order valence-corrected chi connectivity index (χ2v) is 5.00. The summed E-state index contributed by atoms with van der Waals surface area (Å²) in [5.74, 6) is 0.665. The highest BCUT2D eigenvalue weighted by molar-refractivity contribution is 6.28. The first-order valence-corrected chi connectivity index (χ1v) is 6.41. The Labute approximate surface area is 118 Å². The Balaban J connectivity index is 2.24. The van der Waals surface area contributed by atoms with Gasteiger partial charge in [0.05, 0.1) is 11.4 Å². The summed E-state index contributed by atoms with van der Waals surface area (Å²) in [5, 5.41) is 0.220. The van der Waals surface area contributed by atoms with Crippen molar-refractivity contribution >= 4 is 23.1 Å². The summed E-state index contributed by atoms with van der Waals surface area (Å²) in [4.78, 5) is 10.2. The Morgan fingerprint density at radius 3 is 2.42 bits per heavy atom. The van der Waals surface area contributed by atoms with Crippen LogP contribution in [0.15, 0.2) is 24.3 Å². The van der Waals surface area contributed by atoms with Crippen LogP contribution in [0.25, 0.3) is 0 Å². The molecule has 100 valence electrons. The van der Waals surface area contributed by atoms with E-state index in [1.807, 2.05) is 18.9 Å². The molecule has 1 heterocycles. The van der Waals surface area contributed by atoms with E-state index in [-0.39, 0.29) is 5.28 Å². The molecule has 0 fully saturated rings. The summed E-state index contributed by atoms with van der Waals surface area (Å²) in [6, 6.07) is 8.37. The maximum atomic E-state index is 6.00. The van der Waals surface area contributed by atoms with E-state index >= 15 is 0 Å². The minimum absolute atomic E-state index is 0.220. The van der Waals surface area contributed by atoms with Crippen molar-refractivity contribution in [3.8, 4) is 0 Å². The fraction of sp³-hybridized carbons (Fsp3) is 0.286. The summed E-state index contributed by atoms with van der Waals surface area (Å²) in [5.41, 5.74) is 9.71. The van der Waals surface area contributed by atoms with Gasteiger partial charge in [0.1, 0.15) is 0 Å². The zero-order chi connectivity index (χ0) is 14.0. The molecule has 1 aromatic carbocycles. The number of halogens is 1. The quantitative estimate of drug-likeness (QED) is 0.876. The molecule has 0 unspecified atom stereocenters. The van der Waals surface area contributed by atoms with Gasteiger partial charge in [-0.15, -0.1) is 0 Å². The summed E-state index contributed by atoms with van der Waals surface area (Å²) < 4.78 is 0.